The van der Waals surface area contributed by atoms with Gasteiger partial charge in [0, 0.05) is 5.92 Å². The largest absolute Gasteiger partial charge is 0.494 e. The lowest BCUT2D eigenvalue weighted by atomic mass is 9.93. The highest BCUT2D eigenvalue weighted by Crippen LogP contribution is 2.26. The standard InChI is InChI=1S/C27H28O2/c1-3-20-28-25-18-16-24(17-19-25)23(4-2)12-8-10-22-11-9-15-27(21-22)29-26-13-6-5-7-14-26/h2,5-7,9,11,13-19,21,23H,3,8,10,12,20H2,1H3. The molecule has 3 aromatic rings. The quantitative estimate of drug-likeness (QED) is 0.350. The van der Waals surface area contributed by atoms with Crippen molar-refractivity contribution in [3.8, 4) is 29.6 Å². The van der Waals surface area contributed by atoms with Gasteiger partial charge in [-0.2, -0.15) is 0 Å². The van der Waals surface area contributed by atoms with Crippen LogP contribution in [-0.4, -0.2) is 6.61 Å². The van der Waals surface area contributed by atoms with E-state index >= 15 is 0 Å². The summed E-state index contributed by atoms with van der Waals surface area (Å²) >= 11 is 0. The zero-order chi connectivity index (χ0) is 20.3. The van der Waals surface area contributed by atoms with Gasteiger partial charge in [0.1, 0.15) is 17.2 Å². The maximum absolute atomic E-state index is 5.93. The fourth-order valence-electron chi connectivity index (χ4n) is 3.26. The molecule has 1 atom stereocenters. The molecule has 2 nitrogen and oxygen atoms in total. The fraction of sp³-hybridized carbons (Fsp3) is 0.259. The summed E-state index contributed by atoms with van der Waals surface area (Å²) in [6.07, 6.45) is 9.77. The van der Waals surface area contributed by atoms with Gasteiger partial charge < -0.3 is 9.47 Å². The topological polar surface area (TPSA) is 18.5 Å². The lowest BCUT2D eigenvalue weighted by molar-refractivity contribution is 0.317. The molecule has 0 aliphatic carbocycles. The van der Waals surface area contributed by atoms with Crippen LogP contribution in [0.4, 0.5) is 0 Å². The van der Waals surface area contributed by atoms with Crippen molar-refractivity contribution in [2.24, 2.45) is 0 Å². The van der Waals surface area contributed by atoms with Crippen molar-refractivity contribution in [1.82, 2.24) is 0 Å². The lowest BCUT2D eigenvalue weighted by Crippen LogP contribution is -1.99. The smallest absolute Gasteiger partial charge is 0.127 e. The molecule has 3 aromatic carbocycles. The predicted octanol–water partition coefficient (Wildman–Crippen LogP) is 7.01. The SMILES string of the molecule is C#CC(CCCc1cccc(Oc2ccccc2)c1)c1ccc(OCCC)cc1. The number of hydrogen-bond donors (Lipinski definition) is 0. The second kappa shape index (κ2) is 11.0. The molecular formula is C27H28O2. The molecule has 0 amide bonds. The first-order valence-corrected chi connectivity index (χ1v) is 10.3. The van der Waals surface area contributed by atoms with Crippen LogP contribution in [0.5, 0.6) is 17.2 Å². The Balaban J connectivity index is 1.53. The Morgan fingerprint density at radius 2 is 1.62 bits per heavy atom. The van der Waals surface area contributed by atoms with Crippen LogP contribution in [0.15, 0.2) is 78.9 Å². The van der Waals surface area contributed by atoms with Crippen LogP contribution in [0, 0.1) is 12.3 Å². The van der Waals surface area contributed by atoms with E-state index < -0.39 is 0 Å². The fourth-order valence-corrected chi connectivity index (χ4v) is 3.26. The summed E-state index contributed by atoms with van der Waals surface area (Å²) in [7, 11) is 0. The molecule has 2 heteroatoms. The van der Waals surface area contributed by atoms with Crippen molar-refractivity contribution >= 4 is 0 Å². The molecule has 0 aliphatic heterocycles. The third kappa shape index (κ3) is 6.43. The number of para-hydroxylation sites is 1. The van der Waals surface area contributed by atoms with Crippen molar-refractivity contribution in [3.05, 3.63) is 90.0 Å². The highest BCUT2D eigenvalue weighted by molar-refractivity contribution is 5.35. The molecule has 0 aromatic heterocycles. The minimum Gasteiger partial charge on any atom is -0.494 e. The van der Waals surface area contributed by atoms with Crippen LogP contribution in [0.1, 0.15) is 43.2 Å². The van der Waals surface area contributed by atoms with Crippen molar-refractivity contribution < 1.29 is 9.47 Å². The molecule has 0 heterocycles. The number of ether oxygens (including phenoxy) is 2. The van der Waals surface area contributed by atoms with Crippen LogP contribution in [0.2, 0.25) is 0 Å². The Hall–Kier alpha value is -3.18. The van der Waals surface area contributed by atoms with E-state index in [9.17, 15) is 0 Å². The molecule has 0 fully saturated rings. The second-order valence-corrected chi connectivity index (χ2v) is 7.09. The minimum atomic E-state index is 0.124. The first kappa shape index (κ1) is 20.6. The molecule has 29 heavy (non-hydrogen) atoms. The van der Waals surface area contributed by atoms with Gasteiger partial charge in [0.15, 0.2) is 0 Å². The molecular weight excluding hydrogens is 356 g/mol. The van der Waals surface area contributed by atoms with Gasteiger partial charge in [-0.05, 0) is 73.2 Å². The van der Waals surface area contributed by atoms with Gasteiger partial charge in [0.25, 0.3) is 0 Å². The number of rotatable bonds is 10. The van der Waals surface area contributed by atoms with E-state index in [2.05, 4.69) is 37.1 Å². The van der Waals surface area contributed by atoms with E-state index in [1.54, 1.807) is 0 Å². The lowest BCUT2D eigenvalue weighted by Gasteiger charge is -2.13. The Labute approximate surface area is 174 Å². The Morgan fingerprint density at radius 1 is 0.862 bits per heavy atom. The van der Waals surface area contributed by atoms with Crippen LogP contribution in [0.25, 0.3) is 0 Å². The molecule has 1 unspecified atom stereocenters. The van der Waals surface area contributed by atoms with Gasteiger partial charge in [-0.25, -0.2) is 0 Å². The molecule has 0 aliphatic rings. The monoisotopic (exact) mass is 384 g/mol. The summed E-state index contributed by atoms with van der Waals surface area (Å²) in [4.78, 5) is 0. The van der Waals surface area contributed by atoms with Crippen molar-refractivity contribution in [2.75, 3.05) is 6.61 Å². The minimum absolute atomic E-state index is 0.124. The molecule has 3 rings (SSSR count). The number of hydrogen-bond acceptors (Lipinski definition) is 2. The molecule has 0 saturated heterocycles. The molecule has 0 N–H and O–H groups in total. The summed E-state index contributed by atoms with van der Waals surface area (Å²) in [5.41, 5.74) is 2.44. The summed E-state index contributed by atoms with van der Waals surface area (Å²) < 4.78 is 11.6. The summed E-state index contributed by atoms with van der Waals surface area (Å²) in [6, 6.07) is 26.3. The van der Waals surface area contributed by atoms with E-state index in [-0.39, 0.29) is 5.92 Å². The zero-order valence-corrected chi connectivity index (χ0v) is 17.0. The van der Waals surface area contributed by atoms with Crippen LogP contribution >= 0.6 is 0 Å². The highest BCUT2D eigenvalue weighted by Gasteiger charge is 2.09. The van der Waals surface area contributed by atoms with Crippen LogP contribution < -0.4 is 9.47 Å². The van der Waals surface area contributed by atoms with Crippen LogP contribution in [0.3, 0.4) is 0 Å². The summed E-state index contributed by atoms with van der Waals surface area (Å²) in [5, 5.41) is 0. The molecule has 0 bridgehead atoms. The number of aryl methyl sites for hydroxylation is 1. The second-order valence-electron chi connectivity index (χ2n) is 7.09. The summed E-state index contributed by atoms with van der Waals surface area (Å²) in [6.45, 7) is 2.84. The van der Waals surface area contributed by atoms with Gasteiger partial charge >= 0.3 is 0 Å². The van der Waals surface area contributed by atoms with E-state index in [1.165, 1.54) is 11.1 Å². The maximum Gasteiger partial charge on any atom is 0.127 e. The van der Waals surface area contributed by atoms with Gasteiger partial charge in [0.05, 0.1) is 6.61 Å². The number of benzene rings is 3. The Morgan fingerprint density at radius 3 is 2.34 bits per heavy atom. The zero-order valence-electron chi connectivity index (χ0n) is 17.0. The Bertz CT molecular complexity index is 907. The average Bonchev–Trinajstić information content (AvgIpc) is 2.77. The predicted molar refractivity (Wildman–Crippen MR) is 120 cm³/mol. The first-order valence-electron chi connectivity index (χ1n) is 10.3. The van der Waals surface area contributed by atoms with E-state index in [0.29, 0.717) is 0 Å². The first-order chi connectivity index (χ1) is 14.3. The van der Waals surface area contributed by atoms with Crippen molar-refractivity contribution in [2.45, 2.75) is 38.5 Å². The highest BCUT2D eigenvalue weighted by atomic mass is 16.5. The van der Waals surface area contributed by atoms with Crippen LogP contribution in [-0.2, 0) is 6.42 Å². The Kier molecular flexibility index (Phi) is 7.78. The van der Waals surface area contributed by atoms with Crippen molar-refractivity contribution in [3.63, 3.8) is 0 Å². The van der Waals surface area contributed by atoms with Gasteiger partial charge in [-0.1, -0.05) is 55.3 Å². The van der Waals surface area contributed by atoms with Gasteiger partial charge in [-0.15, -0.1) is 6.42 Å². The van der Waals surface area contributed by atoms with Gasteiger partial charge in [-0.3, -0.25) is 0 Å². The third-order valence-electron chi connectivity index (χ3n) is 4.79. The maximum atomic E-state index is 5.93. The van der Waals surface area contributed by atoms with E-state index in [1.807, 2.05) is 54.6 Å². The molecule has 0 radical (unpaired) electrons. The molecule has 0 saturated carbocycles. The number of terminal acetylenes is 1. The van der Waals surface area contributed by atoms with Gasteiger partial charge in [0.2, 0.25) is 0 Å². The molecule has 148 valence electrons. The summed E-state index contributed by atoms with van der Waals surface area (Å²) in [5.74, 6) is 5.69. The van der Waals surface area contributed by atoms with E-state index in [4.69, 9.17) is 15.9 Å². The average molecular weight is 385 g/mol. The normalized spacial score (nSPS) is 11.4. The van der Waals surface area contributed by atoms with Crippen molar-refractivity contribution in [1.29, 1.82) is 0 Å². The molecule has 0 spiro atoms. The third-order valence-corrected chi connectivity index (χ3v) is 4.79. The van der Waals surface area contributed by atoms with E-state index in [0.717, 1.165) is 49.5 Å².